The lowest BCUT2D eigenvalue weighted by molar-refractivity contribution is -0.142. The summed E-state index contributed by atoms with van der Waals surface area (Å²) in [6, 6.07) is 15.7. The van der Waals surface area contributed by atoms with E-state index in [1.54, 1.807) is 0 Å². The number of carbonyl (C=O) groups excluding carboxylic acids is 4. The summed E-state index contributed by atoms with van der Waals surface area (Å²) in [6.45, 7) is 9.97. The fourth-order valence-electron chi connectivity index (χ4n) is 8.60. The van der Waals surface area contributed by atoms with Crippen molar-refractivity contribution in [3.8, 4) is 33.6 Å². The molecule has 12 heteroatoms. The lowest BCUT2D eigenvalue weighted by atomic mass is 9.95. The summed E-state index contributed by atoms with van der Waals surface area (Å²) in [4.78, 5) is 71.6. The predicted molar refractivity (Wildman–Crippen MR) is 206 cm³/mol. The van der Waals surface area contributed by atoms with Gasteiger partial charge >= 0.3 is 0 Å². The lowest BCUT2D eigenvalue weighted by Crippen LogP contribution is -2.54. The summed E-state index contributed by atoms with van der Waals surface area (Å²) in [5.74, 6) is 1.14. The van der Waals surface area contributed by atoms with Crippen molar-refractivity contribution in [1.82, 2.24) is 40.4 Å². The monoisotopic (exact) mass is 732 g/mol. The number of aromatic nitrogens is 4. The lowest BCUT2D eigenvalue weighted by Gasteiger charge is -2.37. The van der Waals surface area contributed by atoms with E-state index in [1.165, 1.54) is 6.92 Å². The standard InChI is InChI=1S/C42H52N8O4/c1-6-8-36(52)46-32-19-17-31-18-20-35(50(31)39(32)53)38-43-23-33(47-38)29-13-9-27(10-14-29)28-11-15-30(16-12-28)34-24-44-41(48-34)42(5)21-7-22-49(42)40(54)37(25(2)3)45-26(4)51/h9-16,23-25,31-32,35,37H,6-8,17-22H2,1-5H3,(H,43,47)(H,44,48)(H,45,51)(H,46,52). The van der Waals surface area contributed by atoms with Gasteiger partial charge in [-0.3, -0.25) is 19.2 Å². The number of nitrogens with one attached hydrogen (secondary N) is 4. The summed E-state index contributed by atoms with van der Waals surface area (Å²) in [5.41, 5.74) is 5.33. The fourth-order valence-corrected chi connectivity index (χ4v) is 8.60. The molecule has 7 rings (SSSR count). The number of rotatable bonds is 11. The Morgan fingerprint density at radius 1 is 0.889 bits per heavy atom. The number of aromatic amines is 2. The third kappa shape index (κ3) is 7.18. The second-order valence-corrected chi connectivity index (χ2v) is 15.7. The van der Waals surface area contributed by atoms with Crippen LogP contribution in [0, 0.1) is 5.92 Å². The number of hydrogen-bond donors (Lipinski definition) is 4. The fraction of sp³-hybridized carbons (Fsp3) is 0.476. The van der Waals surface area contributed by atoms with E-state index in [2.05, 4.69) is 76.1 Å². The van der Waals surface area contributed by atoms with Crippen molar-refractivity contribution in [2.75, 3.05) is 6.54 Å². The van der Waals surface area contributed by atoms with Crippen molar-refractivity contribution in [3.63, 3.8) is 0 Å². The van der Waals surface area contributed by atoms with Gasteiger partial charge in [0.05, 0.1) is 35.4 Å². The Hall–Kier alpha value is -5.26. The molecule has 4 amide bonds. The first kappa shape index (κ1) is 37.1. The Morgan fingerprint density at radius 3 is 2.13 bits per heavy atom. The van der Waals surface area contributed by atoms with E-state index in [0.717, 1.165) is 83.8 Å². The van der Waals surface area contributed by atoms with Crippen molar-refractivity contribution in [1.29, 1.82) is 0 Å². The summed E-state index contributed by atoms with van der Waals surface area (Å²) in [6.07, 6.45) is 9.87. The summed E-state index contributed by atoms with van der Waals surface area (Å²) >= 11 is 0. The van der Waals surface area contributed by atoms with Gasteiger partial charge in [-0.25, -0.2) is 9.97 Å². The first-order valence-corrected chi connectivity index (χ1v) is 19.5. The van der Waals surface area contributed by atoms with E-state index in [9.17, 15) is 19.2 Å². The third-order valence-electron chi connectivity index (χ3n) is 11.6. The second-order valence-electron chi connectivity index (χ2n) is 15.7. The Bertz CT molecular complexity index is 2000. The predicted octanol–water partition coefficient (Wildman–Crippen LogP) is 6.24. The van der Waals surface area contributed by atoms with Gasteiger partial charge in [0.25, 0.3) is 0 Å². The molecule has 54 heavy (non-hydrogen) atoms. The number of imidazole rings is 2. The van der Waals surface area contributed by atoms with E-state index >= 15 is 0 Å². The molecule has 3 aliphatic heterocycles. The Balaban J connectivity index is 1.01. The van der Waals surface area contributed by atoms with Gasteiger partial charge in [-0.15, -0.1) is 0 Å². The third-order valence-corrected chi connectivity index (χ3v) is 11.6. The van der Waals surface area contributed by atoms with Crippen LogP contribution >= 0.6 is 0 Å². The maximum atomic E-state index is 13.7. The van der Waals surface area contributed by atoms with Crippen LogP contribution in [0.25, 0.3) is 33.6 Å². The minimum atomic E-state index is -0.599. The van der Waals surface area contributed by atoms with Crippen molar-refractivity contribution >= 4 is 23.6 Å². The molecular weight excluding hydrogens is 681 g/mol. The molecule has 3 saturated heterocycles. The molecule has 3 aliphatic rings. The van der Waals surface area contributed by atoms with E-state index in [0.29, 0.717) is 19.4 Å². The molecule has 0 radical (unpaired) electrons. The van der Waals surface area contributed by atoms with Crippen LogP contribution in [-0.4, -0.2) is 78.0 Å². The van der Waals surface area contributed by atoms with E-state index in [-0.39, 0.29) is 41.6 Å². The molecule has 5 unspecified atom stereocenters. The first-order valence-electron chi connectivity index (χ1n) is 19.5. The summed E-state index contributed by atoms with van der Waals surface area (Å²) in [7, 11) is 0. The van der Waals surface area contributed by atoms with E-state index < -0.39 is 17.6 Å². The Kier molecular flexibility index (Phi) is 10.5. The molecule has 5 atom stereocenters. The number of likely N-dealkylation sites (tertiary alicyclic amines) is 1. The van der Waals surface area contributed by atoms with Gasteiger partial charge in [0.15, 0.2) is 0 Å². The average molecular weight is 733 g/mol. The van der Waals surface area contributed by atoms with Gasteiger partial charge in [0, 0.05) is 25.9 Å². The molecule has 5 heterocycles. The zero-order valence-corrected chi connectivity index (χ0v) is 31.9. The quantitative estimate of drug-likeness (QED) is 0.143. The highest BCUT2D eigenvalue weighted by Crippen LogP contribution is 2.41. The first-order chi connectivity index (χ1) is 26.0. The van der Waals surface area contributed by atoms with Crippen molar-refractivity contribution in [2.24, 2.45) is 5.92 Å². The molecule has 284 valence electrons. The molecule has 4 aromatic rings. The van der Waals surface area contributed by atoms with Gasteiger partial charge in [-0.1, -0.05) is 69.3 Å². The van der Waals surface area contributed by atoms with Crippen LogP contribution in [0.4, 0.5) is 0 Å². The summed E-state index contributed by atoms with van der Waals surface area (Å²) in [5, 5.41) is 5.81. The number of H-pyrrole nitrogens is 2. The van der Waals surface area contributed by atoms with Gasteiger partial charge in [0.1, 0.15) is 23.7 Å². The molecule has 2 aromatic heterocycles. The van der Waals surface area contributed by atoms with Gasteiger partial charge in [0.2, 0.25) is 23.6 Å². The van der Waals surface area contributed by atoms with Crippen LogP contribution in [0.5, 0.6) is 0 Å². The minimum absolute atomic E-state index is 0.000690. The normalized spacial score (nSPS) is 23.1. The Labute approximate surface area is 316 Å². The number of amides is 4. The van der Waals surface area contributed by atoms with Crippen LogP contribution < -0.4 is 10.6 Å². The van der Waals surface area contributed by atoms with Crippen molar-refractivity contribution < 1.29 is 19.2 Å². The van der Waals surface area contributed by atoms with Gasteiger partial charge < -0.3 is 30.4 Å². The highest BCUT2D eigenvalue weighted by molar-refractivity contribution is 5.89. The smallest absolute Gasteiger partial charge is 0.246 e. The second kappa shape index (κ2) is 15.2. The van der Waals surface area contributed by atoms with Gasteiger partial charge in [-0.2, -0.15) is 0 Å². The van der Waals surface area contributed by atoms with Crippen LogP contribution in [-0.2, 0) is 24.7 Å². The number of benzene rings is 2. The number of nitrogens with zero attached hydrogens (tertiary/aromatic N) is 4. The molecule has 3 fully saturated rings. The molecule has 4 N–H and O–H groups in total. The average Bonchev–Trinajstić information content (AvgIpc) is 3.98. The molecule has 0 saturated carbocycles. The van der Waals surface area contributed by atoms with Crippen LogP contribution in [0.15, 0.2) is 60.9 Å². The zero-order valence-electron chi connectivity index (χ0n) is 31.9. The van der Waals surface area contributed by atoms with Crippen molar-refractivity contribution in [2.45, 2.75) is 116 Å². The molecule has 12 nitrogen and oxygen atoms in total. The number of hydrogen-bond acceptors (Lipinski definition) is 6. The van der Waals surface area contributed by atoms with Crippen molar-refractivity contribution in [3.05, 3.63) is 72.6 Å². The maximum absolute atomic E-state index is 13.7. The van der Waals surface area contributed by atoms with Crippen LogP contribution in [0.2, 0.25) is 0 Å². The maximum Gasteiger partial charge on any atom is 0.246 e. The van der Waals surface area contributed by atoms with Crippen LogP contribution in [0.3, 0.4) is 0 Å². The Morgan fingerprint density at radius 2 is 1.50 bits per heavy atom. The summed E-state index contributed by atoms with van der Waals surface area (Å²) < 4.78 is 0. The molecule has 0 aliphatic carbocycles. The number of piperidine rings is 1. The topological polar surface area (TPSA) is 156 Å². The molecule has 0 spiro atoms. The zero-order chi connectivity index (χ0) is 38.1. The largest absolute Gasteiger partial charge is 0.344 e. The molecule has 2 aromatic carbocycles. The van der Waals surface area contributed by atoms with E-state index in [4.69, 9.17) is 9.97 Å². The number of carbonyl (C=O) groups is 4. The van der Waals surface area contributed by atoms with Crippen LogP contribution in [0.1, 0.15) is 104 Å². The minimum Gasteiger partial charge on any atom is -0.344 e. The SMILES string of the molecule is CCCC(=O)NC1CCC2CCC(c3ncc(-c4ccc(-c5ccc(-c6cnc(C7(C)CCCN7C(=O)C(NC(C)=O)C(C)C)[nH]6)cc5)cc4)[nH]3)N2C1=O. The highest BCUT2D eigenvalue weighted by Gasteiger charge is 2.46. The van der Waals surface area contributed by atoms with E-state index in [1.807, 2.05) is 43.0 Å². The molecular formula is C42H52N8O4. The highest BCUT2D eigenvalue weighted by atomic mass is 16.2. The van der Waals surface area contributed by atoms with Gasteiger partial charge in [-0.05, 0) is 80.0 Å². The molecule has 0 bridgehead atoms. The number of fused-ring (bicyclic) bond motifs is 1.